The number of thioether (sulfide) groups is 1. The first-order valence-electron chi connectivity index (χ1n) is 10.0. The number of furan rings is 1. The molecule has 1 unspecified atom stereocenters. The molecule has 154 valence electrons. The van der Waals surface area contributed by atoms with E-state index in [1.807, 2.05) is 4.90 Å². The van der Waals surface area contributed by atoms with Crippen molar-refractivity contribution in [3.05, 3.63) is 54.0 Å². The van der Waals surface area contributed by atoms with E-state index in [4.69, 9.17) is 4.42 Å². The highest BCUT2D eigenvalue weighted by Crippen LogP contribution is 2.34. The number of rotatable bonds is 5. The molecule has 0 saturated carbocycles. The minimum Gasteiger partial charge on any atom is -0.459 e. The highest BCUT2D eigenvalue weighted by atomic mass is 32.2. The second-order valence-electron chi connectivity index (χ2n) is 7.86. The molecule has 2 amide bonds. The van der Waals surface area contributed by atoms with Crippen molar-refractivity contribution >= 4 is 23.6 Å². The number of carbonyl (C=O) groups excluding carboxylic acids is 2. The first-order chi connectivity index (χ1) is 14.0. The van der Waals surface area contributed by atoms with Crippen molar-refractivity contribution in [3.63, 3.8) is 0 Å². The zero-order chi connectivity index (χ0) is 20.4. The van der Waals surface area contributed by atoms with Crippen LogP contribution in [0.5, 0.6) is 0 Å². The molecule has 2 aliphatic heterocycles. The second kappa shape index (κ2) is 8.24. The SMILES string of the molecule is CSc1ccc(CN2CCC2(C)C(=O)N2CCN(C(=O)c3ccco3)CC2)cc1. The summed E-state index contributed by atoms with van der Waals surface area (Å²) in [6.07, 6.45) is 4.45. The number of benzene rings is 1. The van der Waals surface area contributed by atoms with Crippen molar-refractivity contribution in [1.29, 1.82) is 0 Å². The first-order valence-corrected chi connectivity index (χ1v) is 11.2. The third-order valence-electron chi connectivity index (χ3n) is 6.15. The molecule has 2 fully saturated rings. The second-order valence-corrected chi connectivity index (χ2v) is 8.73. The van der Waals surface area contributed by atoms with Crippen molar-refractivity contribution in [3.8, 4) is 0 Å². The van der Waals surface area contributed by atoms with Crippen LogP contribution in [0.4, 0.5) is 0 Å². The monoisotopic (exact) mass is 413 g/mol. The van der Waals surface area contributed by atoms with Gasteiger partial charge >= 0.3 is 0 Å². The summed E-state index contributed by atoms with van der Waals surface area (Å²) in [4.78, 5) is 32.9. The molecule has 7 heteroatoms. The van der Waals surface area contributed by atoms with Crippen molar-refractivity contribution in [2.45, 2.75) is 30.3 Å². The summed E-state index contributed by atoms with van der Waals surface area (Å²) in [6, 6.07) is 12.0. The van der Waals surface area contributed by atoms with Crippen LogP contribution < -0.4 is 0 Å². The van der Waals surface area contributed by atoms with Crippen molar-refractivity contribution in [1.82, 2.24) is 14.7 Å². The van der Waals surface area contributed by atoms with Crippen LogP contribution in [0.3, 0.4) is 0 Å². The standard InChI is InChI=1S/C22H27N3O3S/c1-22(9-10-25(22)16-17-5-7-18(29-2)8-6-17)21(27)24-13-11-23(12-14-24)20(26)19-4-3-15-28-19/h3-8,15H,9-14,16H2,1-2H3. The number of hydrogen-bond acceptors (Lipinski definition) is 5. The summed E-state index contributed by atoms with van der Waals surface area (Å²) >= 11 is 1.73. The molecule has 0 radical (unpaired) electrons. The number of piperazine rings is 1. The molecule has 2 aliphatic rings. The van der Waals surface area contributed by atoms with Crippen LogP contribution in [-0.2, 0) is 11.3 Å². The van der Waals surface area contributed by atoms with Crippen molar-refractivity contribution in [2.75, 3.05) is 39.0 Å². The van der Waals surface area contributed by atoms with E-state index in [1.165, 1.54) is 16.7 Å². The van der Waals surface area contributed by atoms with Gasteiger partial charge in [0.25, 0.3) is 5.91 Å². The Bertz CT molecular complexity index is 860. The van der Waals surface area contributed by atoms with Gasteiger partial charge in [0.1, 0.15) is 0 Å². The van der Waals surface area contributed by atoms with Crippen LogP contribution in [0.15, 0.2) is 52.0 Å². The predicted octanol–water partition coefficient (Wildman–Crippen LogP) is 2.95. The topological polar surface area (TPSA) is 57.0 Å². The molecule has 0 N–H and O–H groups in total. The quantitative estimate of drug-likeness (QED) is 0.706. The molecular formula is C22H27N3O3S. The smallest absolute Gasteiger partial charge is 0.289 e. The summed E-state index contributed by atoms with van der Waals surface area (Å²) in [7, 11) is 0. The maximum Gasteiger partial charge on any atom is 0.289 e. The summed E-state index contributed by atoms with van der Waals surface area (Å²) in [5, 5.41) is 0. The van der Waals surface area contributed by atoms with E-state index in [1.54, 1.807) is 28.8 Å². The zero-order valence-corrected chi connectivity index (χ0v) is 17.8. The van der Waals surface area contributed by atoms with Gasteiger partial charge in [0.15, 0.2) is 5.76 Å². The fourth-order valence-electron chi connectivity index (χ4n) is 4.06. The minimum atomic E-state index is -0.453. The lowest BCUT2D eigenvalue weighted by atomic mass is 9.84. The largest absolute Gasteiger partial charge is 0.459 e. The lowest BCUT2D eigenvalue weighted by molar-refractivity contribution is -0.154. The Hall–Kier alpha value is -2.25. The van der Waals surface area contributed by atoms with Gasteiger partial charge in [-0.25, -0.2) is 0 Å². The number of nitrogens with zero attached hydrogens (tertiary/aromatic N) is 3. The van der Waals surface area contributed by atoms with Gasteiger partial charge in [-0.15, -0.1) is 11.8 Å². The molecule has 0 aliphatic carbocycles. The molecular weight excluding hydrogens is 386 g/mol. The number of likely N-dealkylation sites (tertiary alicyclic amines) is 1. The van der Waals surface area contributed by atoms with Crippen LogP contribution in [0, 0.1) is 0 Å². The molecule has 3 heterocycles. The third-order valence-corrected chi connectivity index (χ3v) is 6.89. The predicted molar refractivity (Wildman–Crippen MR) is 113 cm³/mol. The number of carbonyl (C=O) groups is 2. The van der Waals surface area contributed by atoms with E-state index >= 15 is 0 Å². The molecule has 6 nitrogen and oxygen atoms in total. The molecule has 2 aromatic rings. The lowest BCUT2D eigenvalue weighted by Gasteiger charge is -2.52. The average Bonchev–Trinajstić information content (AvgIpc) is 3.30. The van der Waals surface area contributed by atoms with Gasteiger partial charge in [0, 0.05) is 44.2 Å². The molecule has 0 bridgehead atoms. The summed E-state index contributed by atoms with van der Waals surface area (Å²) in [5.41, 5.74) is 0.779. The molecule has 1 aromatic carbocycles. The Morgan fingerprint density at radius 2 is 1.72 bits per heavy atom. The maximum atomic E-state index is 13.3. The Morgan fingerprint density at radius 3 is 2.28 bits per heavy atom. The average molecular weight is 414 g/mol. The number of amides is 2. The van der Waals surface area contributed by atoms with Crippen LogP contribution in [-0.4, -0.2) is 71.0 Å². The van der Waals surface area contributed by atoms with E-state index in [0.29, 0.717) is 31.9 Å². The summed E-state index contributed by atoms with van der Waals surface area (Å²) in [5.74, 6) is 0.427. The van der Waals surface area contributed by atoms with Crippen LogP contribution in [0.25, 0.3) is 0 Å². The van der Waals surface area contributed by atoms with Gasteiger partial charge in [0.2, 0.25) is 5.91 Å². The Balaban J connectivity index is 1.34. The maximum absolute atomic E-state index is 13.3. The van der Waals surface area contributed by atoms with Gasteiger partial charge in [0.05, 0.1) is 11.8 Å². The van der Waals surface area contributed by atoms with Crippen molar-refractivity contribution < 1.29 is 14.0 Å². The lowest BCUT2D eigenvalue weighted by Crippen LogP contribution is -2.67. The Morgan fingerprint density at radius 1 is 1.03 bits per heavy atom. The van der Waals surface area contributed by atoms with Gasteiger partial charge in [-0.1, -0.05) is 12.1 Å². The minimum absolute atomic E-state index is 0.104. The van der Waals surface area contributed by atoms with E-state index in [0.717, 1.165) is 19.5 Å². The van der Waals surface area contributed by atoms with E-state index in [2.05, 4.69) is 42.3 Å². The fraction of sp³-hybridized carbons (Fsp3) is 0.455. The zero-order valence-electron chi connectivity index (χ0n) is 17.0. The summed E-state index contributed by atoms with van der Waals surface area (Å²) < 4.78 is 5.21. The van der Waals surface area contributed by atoms with Crippen molar-refractivity contribution in [2.24, 2.45) is 0 Å². The molecule has 0 spiro atoms. The third kappa shape index (κ3) is 3.94. The molecule has 1 aromatic heterocycles. The van der Waals surface area contributed by atoms with E-state index in [-0.39, 0.29) is 11.8 Å². The highest BCUT2D eigenvalue weighted by molar-refractivity contribution is 7.98. The van der Waals surface area contributed by atoms with Gasteiger partial charge in [-0.2, -0.15) is 0 Å². The van der Waals surface area contributed by atoms with E-state index < -0.39 is 5.54 Å². The van der Waals surface area contributed by atoms with Crippen LogP contribution in [0.2, 0.25) is 0 Å². The van der Waals surface area contributed by atoms with Crippen LogP contribution in [0.1, 0.15) is 29.5 Å². The van der Waals surface area contributed by atoms with Crippen LogP contribution >= 0.6 is 11.8 Å². The highest BCUT2D eigenvalue weighted by Gasteiger charge is 2.48. The van der Waals surface area contributed by atoms with Gasteiger partial charge in [-0.05, 0) is 49.4 Å². The van der Waals surface area contributed by atoms with Gasteiger partial charge in [-0.3, -0.25) is 14.5 Å². The van der Waals surface area contributed by atoms with Gasteiger partial charge < -0.3 is 14.2 Å². The molecule has 4 rings (SSSR count). The fourth-order valence-corrected chi connectivity index (χ4v) is 4.47. The first kappa shape index (κ1) is 20.0. The normalized spacial score (nSPS) is 22.4. The molecule has 2 saturated heterocycles. The summed E-state index contributed by atoms with van der Waals surface area (Å²) in [6.45, 7) is 5.98. The molecule has 1 atom stereocenters. The Labute approximate surface area is 175 Å². The Kier molecular flexibility index (Phi) is 5.69. The number of hydrogen-bond donors (Lipinski definition) is 0. The molecule has 29 heavy (non-hydrogen) atoms. The van der Waals surface area contributed by atoms with E-state index in [9.17, 15) is 9.59 Å².